The summed E-state index contributed by atoms with van der Waals surface area (Å²) in [6.45, 7) is 0. The van der Waals surface area contributed by atoms with Crippen LogP contribution in [-0.2, 0) is 0 Å². The molecule has 0 amide bonds. The minimum atomic E-state index is 0.198. The fourth-order valence-corrected chi connectivity index (χ4v) is 2.99. The quantitative estimate of drug-likeness (QED) is 0.600. The highest BCUT2D eigenvalue weighted by atomic mass is 32.1. The molecule has 0 radical (unpaired) electrons. The van der Waals surface area contributed by atoms with Crippen LogP contribution >= 0.6 is 12.2 Å². The van der Waals surface area contributed by atoms with E-state index in [4.69, 9.17) is 18.0 Å². The van der Waals surface area contributed by atoms with Crippen molar-refractivity contribution in [2.24, 2.45) is 10.8 Å². The number of hydrogen-bond donors (Lipinski definition) is 3. The van der Waals surface area contributed by atoms with Crippen molar-refractivity contribution in [3.05, 3.63) is 71.8 Å². The van der Waals surface area contributed by atoms with Gasteiger partial charge in [-0.25, -0.2) is 0 Å². The maximum atomic E-state index is 5.50. The third kappa shape index (κ3) is 4.15. The standard InChI is InChI=1S/C18H20N4S/c19-18(23)22-21-15-11-16(13-7-3-1-4-8-13)20-17(12-15)14-9-5-2-6-10-14/h1-10,16-17,20H,11-12H2,(H3,19,22,23). The molecule has 2 unspecified atom stereocenters. The lowest BCUT2D eigenvalue weighted by molar-refractivity contribution is 0.427. The zero-order valence-electron chi connectivity index (χ0n) is 12.8. The number of hydrogen-bond acceptors (Lipinski definition) is 3. The normalized spacial score (nSPS) is 20.8. The number of rotatable bonds is 3. The van der Waals surface area contributed by atoms with E-state index >= 15 is 0 Å². The molecule has 1 fully saturated rings. The number of thiocarbonyl (C=S) groups is 1. The number of nitrogens with one attached hydrogen (secondary N) is 2. The van der Waals surface area contributed by atoms with Crippen molar-refractivity contribution in [1.29, 1.82) is 0 Å². The minimum absolute atomic E-state index is 0.198. The van der Waals surface area contributed by atoms with Gasteiger partial charge in [-0.15, -0.1) is 0 Å². The van der Waals surface area contributed by atoms with Gasteiger partial charge in [0.1, 0.15) is 0 Å². The molecule has 4 nitrogen and oxygen atoms in total. The third-order valence-electron chi connectivity index (χ3n) is 4.01. The lowest BCUT2D eigenvalue weighted by atomic mass is 9.89. The molecule has 1 heterocycles. The number of benzene rings is 2. The van der Waals surface area contributed by atoms with E-state index in [0.717, 1.165) is 18.6 Å². The second kappa shape index (κ2) is 7.35. The Hall–Kier alpha value is -2.24. The van der Waals surface area contributed by atoms with Crippen LogP contribution in [0.1, 0.15) is 36.1 Å². The summed E-state index contributed by atoms with van der Waals surface area (Å²) in [5, 5.41) is 8.32. The van der Waals surface area contributed by atoms with Crippen LogP contribution in [0.15, 0.2) is 65.8 Å². The number of hydrazone groups is 1. The minimum Gasteiger partial charge on any atom is -0.375 e. The van der Waals surface area contributed by atoms with Gasteiger partial charge in [0.05, 0.1) is 0 Å². The summed E-state index contributed by atoms with van der Waals surface area (Å²) >= 11 is 4.85. The lowest BCUT2D eigenvalue weighted by Gasteiger charge is -2.32. The Bertz CT molecular complexity index is 635. The summed E-state index contributed by atoms with van der Waals surface area (Å²) in [7, 11) is 0. The molecule has 1 saturated heterocycles. The molecule has 118 valence electrons. The molecular weight excluding hydrogens is 304 g/mol. The molecule has 0 aliphatic carbocycles. The molecular formula is C18H20N4S. The van der Waals surface area contributed by atoms with E-state index in [0.29, 0.717) is 0 Å². The highest BCUT2D eigenvalue weighted by Gasteiger charge is 2.27. The van der Waals surface area contributed by atoms with E-state index < -0.39 is 0 Å². The zero-order chi connectivity index (χ0) is 16.1. The lowest BCUT2D eigenvalue weighted by Crippen LogP contribution is -2.36. The Morgan fingerprint density at radius 3 is 1.87 bits per heavy atom. The Morgan fingerprint density at radius 2 is 1.43 bits per heavy atom. The zero-order valence-corrected chi connectivity index (χ0v) is 13.6. The first kappa shape index (κ1) is 15.6. The second-order valence-corrected chi connectivity index (χ2v) is 6.10. The van der Waals surface area contributed by atoms with Crippen molar-refractivity contribution in [2.75, 3.05) is 0 Å². The topological polar surface area (TPSA) is 62.4 Å². The Labute approximate surface area is 141 Å². The number of nitrogens with zero attached hydrogens (tertiary/aromatic N) is 1. The summed E-state index contributed by atoms with van der Waals surface area (Å²) in [4.78, 5) is 0. The van der Waals surface area contributed by atoms with E-state index in [9.17, 15) is 0 Å². The molecule has 5 heteroatoms. The fraction of sp³-hybridized carbons (Fsp3) is 0.222. The average molecular weight is 324 g/mol. The smallest absolute Gasteiger partial charge is 0.184 e. The van der Waals surface area contributed by atoms with Crippen LogP contribution in [0.3, 0.4) is 0 Å². The Kier molecular flexibility index (Phi) is 5.00. The van der Waals surface area contributed by atoms with Crippen molar-refractivity contribution in [3.8, 4) is 0 Å². The number of piperidine rings is 1. The predicted molar refractivity (Wildman–Crippen MR) is 98.1 cm³/mol. The molecule has 1 aliphatic heterocycles. The van der Waals surface area contributed by atoms with E-state index in [1.54, 1.807) is 0 Å². The summed E-state index contributed by atoms with van der Waals surface area (Å²) in [5.41, 5.74) is 11.8. The fourth-order valence-electron chi connectivity index (χ4n) is 2.94. The van der Waals surface area contributed by atoms with Gasteiger partial charge >= 0.3 is 0 Å². The van der Waals surface area contributed by atoms with E-state index in [1.165, 1.54) is 11.1 Å². The van der Waals surface area contributed by atoms with E-state index in [2.05, 4.69) is 64.4 Å². The predicted octanol–water partition coefficient (Wildman–Crippen LogP) is 3.04. The van der Waals surface area contributed by atoms with E-state index in [1.807, 2.05) is 12.1 Å². The first-order valence-electron chi connectivity index (χ1n) is 7.69. The van der Waals surface area contributed by atoms with Gasteiger partial charge in [0.15, 0.2) is 5.11 Å². The van der Waals surface area contributed by atoms with Gasteiger partial charge < -0.3 is 11.1 Å². The van der Waals surface area contributed by atoms with Crippen molar-refractivity contribution in [2.45, 2.75) is 24.9 Å². The second-order valence-electron chi connectivity index (χ2n) is 5.66. The van der Waals surface area contributed by atoms with Crippen LogP contribution in [0.5, 0.6) is 0 Å². The molecule has 0 aromatic heterocycles. The molecule has 2 aromatic carbocycles. The third-order valence-corrected chi connectivity index (χ3v) is 4.10. The molecule has 0 saturated carbocycles. The maximum absolute atomic E-state index is 5.50. The van der Waals surface area contributed by atoms with Gasteiger partial charge in [-0.1, -0.05) is 60.7 Å². The van der Waals surface area contributed by atoms with Gasteiger partial charge in [0, 0.05) is 30.6 Å². The first-order chi connectivity index (χ1) is 11.2. The van der Waals surface area contributed by atoms with Gasteiger partial charge in [0.25, 0.3) is 0 Å². The Balaban J connectivity index is 1.86. The molecule has 0 bridgehead atoms. The van der Waals surface area contributed by atoms with Crippen LogP contribution < -0.4 is 16.5 Å². The molecule has 23 heavy (non-hydrogen) atoms. The maximum Gasteiger partial charge on any atom is 0.184 e. The van der Waals surface area contributed by atoms with Gasteiger partial charge in [-0.05, 0) is 23.3 Å². The Morgan fingerprint density at radius 1 is 0.957 bits per heavy atom. The molecule has 0 spiro atoms. The molecule has 3 rings (SSSR count). The SMILES string of the molecule is NC(=S)NN=C1CC(c2ccccc2)NC(c2ccccc2)C1. The van der Waals surface area contributed by atoms with Crippen LogP contribution in [0.25, 0.3) is 0 Å². The number of nitrogens with two attached hydrogens (primary N) is 1. The molecule has 4 N–H and O–H groups in total. The van der Waals surface area contributed by atoms with Crippen LogP contribution in [-0.4, -0.2) is 10.8 Å². The van der Waals surface area contributed by atoms with Gasteiger partial charge in [0.2, 0.25) is 0 Å². The molecule has 2 atom stereocenters. The summed E-state index contributed by atoms with van der Waals surface area (Å²) < 4.78 is 0. The largest absolute Gasteiger partial charge is 0.375 e. The van der Waals surface area contributed by atoms with Crippen LogP contribution in [0.2, 0.25) is 0 Å². The van der Waals surface area contributed by atoms with Crippen LogP contribution in [0, 0.1) is 0 Å². The average Bonchev–Trinajstić information content (AvgIpc) is 2.61. The molecule has 1 aliphatic rings. The monoisotopic (exact) mass is 324 g/mol. The highest BCUT2D eigenvalue weighted by molar-refractivity contribution is 7.80. The summed E-state index contributed by atoms with van der Waals surface area (Å²) in [6, 6.07) is 21.3. The van der Waals surface area contributed by atoms with Gasteiger partial charge in [-0.3, -0.25) is 5.43 Å². The first-order valence-corrected chi connectivity index (χ1v) is 8.10. The summed E-state index contributed by atoms with van der Waals surface area (Å²) in [5.74, 6) is 0. The van der Waals surface area contributed by atoms with E-state index in [-0.39, 0.29) is 17.2 Å². The summed E-state index contributed by atoms with van der Waals surface area (Å²) in [6.07, 6.45) is 1.67. The molecule has 2 aromatic rings. The van der Waals surface area contributed by atoms with Crippen LogP contribution in [0.4, 0.5) is 0 Å². The van der Waals surface area contributed by atoms with Crippen molar-refractivity contribution >= 4 is 23.0 Å². The highest BCUT2D eigenvalue weighted by Crippen LogP contribution is 2.31. The van der Waals surface area contributed by atoms with Gasteiger partial charge in [-0.2, -0.15) is 5.10 Å². The van der Waals surface area contributed by atoms with Crippen molar-refractivity contribution in [3.63, 3.8) is 0 Å². The van der Waals surface area contributed by atoms with Crippen molar-refractivity contribution in [1.82, 2.24) is 10.7 Å². The van der Waals surface area contributed by atoms with Crippen molar-refractivity contribution < 1.29 is 0 Å².